The molecule has 0 spiro atoms. The van der Waals surface area contributed by atoms with E-state index in [9.17, 15) is 0 Å². The highest BCUT2D eigenvalue weighted by Crippen LogP contribution is 2.30. The van der Waals surface area contributed by atoms with Gasteiger partial charge in [0.2, 0.25) is 0 Å². The summed E-state index contributed by atoms with van der Waals surface area (Å²) in [5.74, 6) is 0. The molecule has 0 aromatic carbocycles. The largest absolute Gasteiger partial charge is 0.308 e. The van der Waals surface area contributed by atoms with Crippen LogP contribution in [0, 0.1) is 0 Å². The molecule has 0 aromatic heterocycles. The van der Waals surface area contributed by atoms with Crippen LogP contribution in [0.4, 0.5) is 0 Å². The molecule has 0 heterocycles. The molecule has 0 unspecified atom stereocenters. The Morgan fingerprint density at radius 2 is 2.20 bits per heavy atom. The Morgan fingerprint density at radius 3 is 2.50 bits per heavy atom. The van der Waals surface area contributed by atoms with Crippen LogP contribution in [0.15, 0.2) is 12.2 Å². The maximum absolute atomic E-state index is 3.85. The molecule has 1 rings (SSSR count). The first-order chi connectivity index (χ1) is 4.62. The first-order valence-corrected chi connectivity index (χ1v) is 4.02. The minimum absolute atomic E-state index is 0.443. The fourth-order valence-electron chi connectivity index (χ4n) is 1.25. The molecule has 1 heteroatoms. The van der Waals surface area contributed by atoms with Crippen LogP contribution in [0.5, 0.6) is 0 Å². The van der Waals surface area contributed by atoms with Crippen molar-refractivity contribution >= 4 is 0 Å². The maximum atomic E-state index is 3.85. The van der Waals surface area contributed by atoms with Crippen molar-refractivity contribution in [2.24, 2.45) is 0 Å². The van der Waals surface area contributed by atoms with E-state index in [1.807, 2.05) is 0 Å². The van der Waals surface area contributed by atoms with Gasteiger partial charge in [0.1, 0.15) is 0 Å². The minimum atomic E-state index is 0.443. The molecule has 58 valence electrons. The molecular weight excluding hydrogens is 122 g/mol. The van der Waals surface area contributed by atoms with Crippen molar-refractivity contribution in [2.75, 3.05) is 6.54 Å². The Bertz CT molecular complexity index is 134. The number of nitrogens with one attached hydrogen (secondary N) is 1. The van der Waals surface area contributed by atoms with Crippen LogP contribution < -0.4 is 5.32 Å². The number of hydrogen-bond donors (Lipinski definition) is 1. The topological polar surface area (TPSA) is 12.0 Å². The summed E-state index contributed by atoms with van der Waals surface area (Å²) in [6.45, 7) is 9.19. The summed E-state index contributed by atoms with van der Waals surface area (Å²) in [7, 11) is 0. The van der Waals surface area contributed by atoms with Crippen LogP contribution in [-0.2, 0) is 0 Å². The van der Waals surface area contributed by atoms with Gasteiger partial charge in [0, 0.05) is 12.1 Å². The molecule has 0 bridgehead atoms. The van der Waals surface area contributed by atoms with Gasteiger partial charge in [-0.2, -0.15) is 0 Å². The fraction of sp³-hybridized carbons (Fsp3) is 0.778. The van der Waals surface area contributed by atoms with E-state index in [-0.39, 0.29) is 0 Å². The Balaban J connectivity index is 2.18. The third kappa shape index (κ3) is 1.84. The van der Waals surface area contributed by atoms with E-state index in [0.717, 1.165) is 6.54 Å². The first-order valence-electron chi connectivity index (χ1n) is 4.02. The molecule has 1 saturated carbocycles. The number of hydrogen-bond acceptors (Lipinski definition) is 1. The molecule has 1 aliphatic rings. The van der Waals surface area contributed by atoms with E-state index >= 15 is 0 Å². The van der Waals surface area contributed by atoms with Crippen molar-refractivity contribution in [3.8, 4) is 0 Å². The molecule has 0 saturated heterocycles. The third-order valence-electron chi connectivity index (χ3n) is 2.27. The Labute approximate surface area is 63.5 Å². The molecule has 0 aliphatic heterocycles. The van der Waals surface area contributed by atoms with Crippen LogP contribution in [-0.4, -0.2) is 12.1 Å². The minimum Gasteiger partial charge on any atom is -0.308 e. The first kappa shape index (κ1) is 7.80. The van der Waals surface area contributed by atoms with Gasteiger partial charge < -0.3 is 5.32 Å². The molecule has 1 N–H and O–H groups in total. The summed E-state index contributed by atoms with van der Waals surface area (Å²) in [5.41, 5.74) is 1.67. The maximum Gasteiger partial charge on any atom is 0.0164 e. The summed E-state index contributed by atoms with van der Waals surface area (Å²) in [6.07, 6.45) is 4.06. The van der Waals surface area contributed by atoms with Crippen molar-refractivity contribution < 1.29 is 0 Å². The second kappa shape index (κ2) is 2.75. The van der Waals surface area contributed by atoms with E-state index in [1.54, 1.807) is 0 Å². The van der Waals surface area contributed by atoms with E-state index in [0.29, 0.717) is 5.54 Å². The van der Waals surface area contributed by atoms with Gasteiger partial charge in [0.05, 0.1) is 0 Å². The molecule has 1 fully saturated rings. The summed E-state index contributed by atoms with van der Waals surface area (Å²) >= 11 is 0. The lowest BCUT2D eigenvalue weighted by atomic mass is 9.78. The van der Waals surface area contributed by atoms with Crippen molar-refractivity contribution in [1.29, 1.82) is 0 Å². The highest BCUT2D eigenvalue weighted by atomic mass is 15.0. The summed E-state index contributed by atoms with van der Waals surface area (Å²) in [4.78, 5) is 0. The normalized spacial score (nSPS) is 21.8. The Hall–Kier alpha value is -0.300. The molecule has 0 radical (unpaired) electrons. The van der Waals surface area contributed by atoms with Crippen LogP contribution in [0.1, 0.15) is 33.1 Å². The zero-order valence-electron chi connectivity index (χ0n) is 7.04. The molecule has 0 atom stereocenters. The average molecular weight is 139 g/mol. The van der Waals surface area contributed by atoms with Crippen LogP contribution in [0.3, 0.4) is 0 Å². The van der Waals surface area contributed by atoms with Crippen LogP contribution >= 0.6 is 0 Å². The van der Waals surface area contributed by atoms with Crippen LogP contribution in [0.25, 0.3) is 0 Å². The van der Waals surface area contributed by atoms with Crippen molar-refractivity contribution in [2.45, 2.75) is 38.6 Å². The summed E-state index contributed by atoms with van der Waals surface area (Å²) in [6, 6.07) is 0. The summed E-state index contributed by atoms with van der Waals surface area (Å²) < 4.78 is 0. The van der Waals surface area contributed by atoms with Crippen molar-refractivity contribution in [3.05, 3.63) is 12.2 Å². The third-order valence-corrected chi connectivity index (χ3v) is 2.27. The molecule has 1 aliphatic carbocycles. The van der Waals surface area contributed by atoms with Gasteiger partial charge in [-0.1, -0.05) is 12.2 Å². The van der Waals surface area contributed by atoms with Gasteiger partial charge in [0.15, 0.2) is 0 Å². The molecule has 0 amide bonds. The SMILES string of the molecule is C=C(C)CNC1(C)CCC1. The van der Waals surface area contributed by atoms with E-state index in [1.165, 1.54) is 24.8 Å². The predicted octanol–water partition coefficient (Wildman–Crippen LogP) is 2.09. The molecular formula is C9H17N. The summed E-state index contributed by atoms with van der Waals surface area (Å²) in [5, 5.41) is 3.50. The monoisotopic (exact) mass is 139 g/mol. The van der Waals surface area contributed by atoms with Crippen molar-refractivity contribution in [1.82, 2.24) is 5.32 Å². The van der Waals surface area contributed by atoms with E-state index in [4.69, 9.17) is 0 Å². The highest BCUT2D eigenvalue weighted by Gasteiger charge is 2.30. The Kier molecular flexibility index (Phi) is 2.14. The fourth-order valence-corrected chi connectivity index (χ4v) is 1.25. The van der Waals surface area contributed by atoms with E-state index < -0.39 is 0 Å². The lowest BCUT2D eigenvalue weighted by molar-refractivity contribution is 0.215. The van der Waals surface area contributed by atoms with Gasteiger partial charge in [-0.3, -0.25) is 0 Å². The standard InChI is InChI=1S/C9H17N/c1-8(2)7-10-9(3)5-4-6-9/h10H,1,4-7H2,2-3H3. The average Bonchev–Trinajstić information content (AvgIpc) is 1.79. The lowest BCUT2D eigenvalue weighted by Crippen LogP contribution is -2.48. The van der Waals surface area contributed by atoms with Crippen molar-refractivity contribution in [3.63, 3.8) is 0 Å². The molecule has 0 aromatic rings. The highest BCUT2D eigenvalue weighted by molar-refractivity contribution is 4.98. The zero-order chi connectivity index (χ0) is 7.61. The smallest absolute Gasteiger partial charge is 0.0164 e. The van der Waals surface area contributed by atoms with Gasteiger partial charge >= 0.3 is 0 Å². The zero-order valence-corrected chi connectivity index (χ0v) is 7.04. The van der Waals surface area contributed by atoms with Gasteiger partial charge in [-0.15, -0.1) is 0 Å². The molecule has 1 nitrogen and oxygen atoms in total. The second-order valence-corrected chi connectivity index (χ2v) is 3.72. The molecule has 10 heavy (non-hydrogen) atoms. The quantitative estimate of drug-likeness (QED) is 0.590. The second-order valence-electron chi connectivity index (χ2n) is 3.72. The lowest BCUT2D eigenvalue weighted by Gasteiger charge is -2.39. The number of rotatable bonds is 3. The predicted molar refractivity (Wildman–Crippen MR) is 45.1 cm³/mol. The Morgan fingerprint density at radius 1 is 1.60 bits per heavy atom. The van der Waals surface area contributed by atoms with Gasteiger partial charge in [-0.05, 0) is 33.1 Å². The van der Waals surface area contributed by atoms with Gasteiger partial charge in [-0.25, -0.2) is 0 Å². The van der Waals surface area contributed by atoms with Crippen LogP contribution in [0.2, 0.25) is 0 Å². The van der Waals surface area contributed by atoms with Gasteiger partial charge in [0.25, 0.3) is 0 Å². The van der Waals surface area contributed by atoms with E-state index in [2.05, 4.69) is 25.7 Å².